The van der Waals surface area contributed by atoms with E-state index in [2.05, 4.69) is 57.1 Å². The highest BCUT2D eigenvalue weighted by molar-refractivity contribution is 5.53. The zero-order valence-corrected chi connectivity index (χ0v) is 20.8. The number of benzene rings is 2. The van der Waals surface area contributed by atoms with Gasteiger partial charge in [-0.15, -0.1) is 0 Å². The number of nitrogens with zero attached hydrogens (tertiary/aromatic N) is 3. The Kier molecular flexibility index (Phi) is 18.0. The summed E-state index contributed by atoms with van der Waals surface area (Å²) in [6.45, 7) is 17.9. The largest absolute Gasteiger partial charge is 0.345 e. The second-order valence-corrected chi connectivity index (χ2v) is 6.37. The van der Waals surface area contributed by atoms with Crippen LogP contribution in [0.5, 0.6) is 0 Å². The van der Waals surface area contributed by atoms with Crippen LogP contribution in [0.1, 0.15) is 47.1 Å². The molecule has 1 aliphatic heterocycles. The van der Waals surface area contributed by atoms with Gasteiger partial charge < -0.3 is 9.88 Å². The molecule has 0 aliphatic carbocycles. The number of aromatic amines is 1. The van der Waals surface area contributed by atoms with Gasteiger partial charge in [-0.2, -0.15) is 0 Å². The molecule has 1 aromatic heterocycles. The van der Waals surface area contributed by atoms with Crippen LogP contribution in [-0.2, 0) is 6.54 Å². The van der Waals surface area contributed by atoms with Gasteiger partial charge in [0.15, 0.2) is 0 Å². The lowest BCUT2D eigenvalue weighted by Crippen LogP contribution is -2.43. The molecule has 4 nitrogen and oxygen atoms in total. The molecule has 2 heterocycles. The lowest BCUT2D eigenvalue weighted by atomic mass is 10.2. The SMILES string of the molecule is CC.CC.CC.CN1CCN(Cc2ccccc2)CC1.c1ccc(-c2ncc[nH]2)cc1. The zero-order chi connectivity index (χ0) is 23.3. The van der Waals surface area contributed by atoms with Crippen LogP contribution in [0.15, 0.2) is 73.1 Å². The van der Waals surface area contributed by atoms with Crippen LogP contribution in [0, 0.1) is 0 Å². The minimum Gasteiger partial charge on any atom is -0.345 e. The van der Waals surface area contributed by atoms with Crippen LogP contribution < -0.4 is 0 Å². The molecule has 1 fully saturated rings. The van der Waals surface area contributed by atoms with Gasteiger partial charge in [-0.3, -0.25) is 4.90 Å². The van der Waals surface area contributed by atoms with Crippen molar-refractivity contribution in [3.63, 3.8) is 0 Å². The summed E-state index contributed by atoms with van der Waals surface area (Å²) in [6, 6.07) is 20.8. The topological polar surface area (TPSA) is 35.2 Å². The fraction of sp³-hybridized carbons (Fsp3) is 0.444. The number of rotatable bonds is 3. The number of imidazole rings is 1. The minimum atomic E-state index is 0.922. The van der Waals surface area contributed by atoms with Crippen molar-refractivity contribution < 1.29 is 0 Å². The van der Waals surface area contributed by atoms with Gasteiger partial charge in [-0.1, -0.05) is 102 Å². The highest BCUT2D eigenvalue weighted by Crippen LogP contribution is 2.12. The summed E-state index contributed by atoms with van der Waals surface area (Å²) in [5.41, 5.74) is 2.55. The van der Waals surface area contributed by atoms with E-state index in [9.17, 15) is 0 Å². The second-order valence-electron chi connectivity index (χ2n) is 6.37. The third-order valence-electron chi connectivity index (χ3n) is 4.39. The number of hydrogen-bond donors (Lipinski definition) is 1. The van der Waals surface area contributed by atoms with Crippen molar-refractivity contribution in [2.45, 2.75) is 48.1 Å². The smallest absolute Gasteiger partial charge is 0.137 e. The average Bonchev–Trinajstić information content (AvgIpc) is 3.41. The van der Waals surface area contributed by atoms with Crippen molar-refractivity contribution in [1.29, 1.82) is 0 Å². The second kappa shape index (κ2) is 19.5. The van der Waals surface area contributed by atoms with Crippen molar-refractivity contribution in [3.05, 3.63) is 78.6 Å². The first-order valence-corrected chi connectivity index (χ1v) is 11.8. The summed E-state index contributed by atoms with van der Waals surface area (Å²) in [6.07, 6.45) is 3.57. The maximum atomic E-state index is 4.13. The summed E-state index contributed by atoms with van der Waals surface area (Å²) in [7, 11) is 2.19. The monoisotopic (exact) mass is 424 g/mol. The van der Waals surface area contributed by atoms with Crippen molar-refractivity contribution in [3.8, 4) is 11.4 Å². The Morgan fingerprint density at radius 2 is 1.26 bits per heavy atom. The van der Waals surface area contributed by atoms with Gasteiger partial charge in [0.25, 0.3) is 0 Å². The zero-order valence-electron chi connectivity index (χ0n) is 20.8. The molecule has 1 saturated heterocycles. The van der Waals surface area contributed by atoms with Gasteiger partial charge in [-0.05, 0) is 12.6 Å². The Morgan fingerprint density at radius 1 is 0.742 bits per heavy atom. The van der Waals surface area contributed by atoms with Gasteiger partial charge in [0, 0.05) is 50.7 Å². The van der Waals surface area contributed by atoms with E-state index >= 15 is 0 Å². The van der Waals surface area contributed by atoms with E-state index in [0.29, 0.717) is 0 Å². The number of hydrogen-bond acceptors (Lipinski definition) is 3. The summed E-state index contributed by atoms with van der Waals surface area (Å²) < 4.78 is 0. The fourth-order valence-corrected chi connectivity index (χ4v) is 2.87. The van der Waals surface area contributed by atoms with Crippen molar-refractivity contribution >= 4 is 0 Å². The molecule has 0 amide bonds. The van der Waals surface area contributed by atoms with Crippen molar-refractivity contribution in [2.24, 2.45) is 0 Å². The highest BCUT2D eigenvalue weighted by Gasteiger charge is 2.13. The molecule has 0 saturated carbocycles. The first kappa shape index (κ1) is 28.6. The quantitative estimate of drug-likeness (QED) is 0.515. The number of aromatic nitrogens is 2. The molecule has 0 bridgehead atoms. The predicted molar refractivity (Wildman–Crippen MR) is 137 cm³/mol. The lowest BCUT2D eigenvalue weighted by Gasteiger charge is -2.32. The molecule has 172 valence electrons. The standard InChI is InChI=1S/C12H18N2.C9H8N2.3C2H6/c1-13-7-9-14(10-8-13)11-12-5-3-2-4-6-12;1-2-4-8(5-3-1)9-10-6-7-11-9;3*1-2/h2-6H,7-11H2,1H3;1-7H,(H,10,11);3*1-2H3. The summed E-state index contributed by atoms with van der Waals surface area (Å²) in [5.74, 6) is 0.922. The van der Waals surface area contributed by atoms with E-state index in [1.807, 2.05) is 78.1 Å². The van der Waals surface area contributed by atoms with E-state index in [0.717, 1.165) is 17.9 Å². The van der Waals surface area contributed by atoms with Gasteiger partial charge >= 0.3 is 0 Å². The van der Waals surface area contributed by atoms with Crippen molar-refractivity contribution in [1.82, 2.24) is 19.8 Å². The molecule has 0 atom stereocenters. The van der Waals surface area contributed by atoms with E-state index in [-0.39, 0.29) is 0 Å². The third-order valence-corrected chi connectivity index (χ3v) is 4.39. The van der Waals surface area contributed by atoms with Gasteiger partial charge in [0.2, 0.25) is 0 Å². The van der Waals surface area contributed by atoms with Crippen LogP contribution in [0.2, 0.25) is 0 Å². The van der Waals surface area contributed by atoms with Crippen LogP contribution >= 0.6 is 0 Å². The molecule has 2 aromatic carbocycles. The highest BCUT2D eigenvalue weighted by atomic mass is 15.2. The van der Waals surface area contributed by atoms with E-state index in [1.54, 1.807) is 6.20 Å². The lowest BCUT2D eigenvalue weighted by molar-refractivity contribution is 0.148. The summed E-state index contributed by atoms with van der Waals surface area (Å²) in [4.78, 5) is 12.1. The Labute approximate surface area is 191 Å². The molecule has 0 unspecified atom stereocenters. The molecule has 4 heteroatoms. The van der Waals surface area contributed by atoms with E-state index in [1.165, 1.54) is 31.7 Å². The van der Waals surface area contributed by atoms with Crippen LogP contribution in [0.25, 0.3) is 11.4 Å². The summed E-state index contributed by atoms with van der Waals surface area (Å²) >= 11 is 0. The number of likely N-dealkylation sites (N-methyl/N-ethyl adjacent to an activating group) is 1. The normalized spacial score (nSPS) is 13.0. The molecule has 0 spiro atoms. The first-order chi connectivity index (χ1) is 15.3. The molecule has 1 N–H and O–H groups in total. The van der Waals surface area contributed by atoms with Gasteiger partial charge in [0.1, 0.15) is 5.82 Å². The number of H-pyrrole nitrogens is 1. The molecular formula is C27H44N4. The molecule has 0 radical (unpaired) electrons. The van der Waals surface area contributed by atoms with Crippen LogP contribution in [0.4, 0.5) is 0 Å². The Balaban J connectivity index is 0.000000476. The number of nitrogens with one attached hydrogen (secondary N) is 1. The molecule has 4 rings (SSSR count). The minimum absolute atomic E-state index is 0.922. The van der Waals surface area contributed by atoms with Crippen LogP contribution in [-0.4, -0.2) is 53.0 Å². The predicted octanol–water partition coefficient (Wildman–Crippen LogP) is 6.59. The van der Waals surface area contributed by atoms with Crippen molar-refractivity contribution in [2.75, 3.05) is 33.2 Å². The molecule has 31 heavy (non-hydrogen) atoms. The molecule has 1 aliphatic rings. The van der Waals surface area contributed by atoms with Crippen LogP contribution in [0.3, 0.4) is 0 Å². The van der Waals surface area contributed by atoms with E-state index < -0.39 is 0 Å². The van der Waals surface area contributed by atoms with Gasteiger partial charge in [-0.25, -0.2) is 4.98 Å². The first-order valence-electron chi connectivity index (χ1n) is 11.8. The fourth-order valence-electron chi connectivity index (χ4n) is 2.87. The summed E-state index contributed by atoms with van der Waals surface area (Å²) in [5, 5.41) is 0. The average molecular weight is 425 g/mol. The Morgan fingerprint density at radius 3 is 1.74 bits per heavy atom. The van der Waals surface area contributed by atoms with Gasteiger partial charge in [0.05, 0.1) is 0 Å². The Bertz CT molecular complexity index is 704. The maximum Gasteiger partial charge on any atom is 0.137 e. The molecule has 3 aromatic rings. The number of piperazine rings is 1. The third kappa shape index (κ3) is 12.1. The Hall–Kier alpha value is -2.43. The maximum absolute atomic E-state index is 4.13. The van der Waals surface area contributed by atoms with E-state index in [4.69, 9.17) is 0 Å². The molecular weight excluding hydrogens is 380 g/mol.